The normalized spacial score (nSPS) is 18.0. The van der Waals surface area contributed by atoms with Gasteiger partial charge in [-0.3, -0.25) is 0 Å². The van der Waals surface area contributed by atoms with Crippen LogP contribution >= 0.6 is 0 Å². The van der Waals surface area contributed by atoms with E-state index >= 15 is 0 Å². The minimum absolute atomic E-state index is 0.189. The van der Waals surface area contributed by atoms with Crippen molar-refractivity contribution in [3.05, 3.63) is 82.7 Å². The van der Waals surface area contributed by atoms with E-state index in [1.165, 1.54) is 18.2 Å². The molecule has 1 fully saturated rings. The van der Waals surface area contributed by atoms with Gasteiger partial charge in [-0.1, -0.05) is 30.0 Å². The van der Waals surface area contributed by atoms with E-state index in [1.807, 2.05) is 6.07 Å². The zero-order valence-corrected chi connectivity index (χ0v) is 19.1. The molecule has 0 aliphatic carbocycles. The standard InChI is InChI=1S/C28H27F3O3/c1-32-14-2-3-21-17-33-27(34-18-21)13-7-20-5-9-22(26(30)16-20)8-4-19-6-11-24-23(15-19)10-12-25(29)28(24)31/h5-6,9-12,15-16,21,27H,2-3,7,13-14,17-18H2,1H3. The van der Waals surface area contributed by atoms with Crippen molar-refractivity contribution in [2.24, 2.45) is 5.92 Å². The zero-order chi connectivity index (χ0) is 23.9. The van der Waals surface area contributed by atoms with Crippen molar-refractivity contribution < 1.29 is 27.4 Å². The molecule has 0 unspecified atom stereocenters. The molecule has 0 aromatic heterocycles. The topological polar surface area (TPSA) is 27.7 Å². The number of aryl methyl sites for hydroxylation is 1. The van der Waals surface area contributed by atoms with Gasteiger partial charge in [0.1, 0.15) is 5.82 Å². The van der Waals surface area contributed by atoms with Crippen LogP contribution in [-0.4, -0.2) is 33.2 Å². The van der Waals surface area contributed by atoms with Crippen LogP contribution in [0.15, 0.2) is 48.5 Å². The summed E-state index contributed by atoms with van der Waals surface area (Å²) in [6.07, 6.45) is 3.03. The number of fused-ring (bicyclic) bond motifs is 1. The lowest BCUT2D eigenvalue weighted by Gasteiger charge is -2.29. The summed E-state index contributed by atoms with van der Waals surface area (Å²) in [6.45, 7) is 2.09. The molecule has 0 saturated carbocycles. The van der Waals surface area contributed by atoms with Crippen LogP contribution in [0.2, 0.25) is 0 Å². The Bertz CT molecular complexity index is 1190. The third-order valence-corrected chi connectivity index (χ3v) is 5.95. The Hall–Kier alpha value is -2.85. The fraction of sp³-hybridized carbons (Fsp3) is 0.357. The van der Waals surface area contributed by atoms with E-state index in [9.17, 15) is 13.2 Å². The van der Waals surface area contributed by atoms with Crippen LogP contribution in [0.5, 0.6) is 0 Å². The van der Waals surface area contributed by atoms with Crippen molar-refractivity contribution in [2.75, 3.05) is 26.9 Å². The molecule has 3 aromatic carbocycles. The smallest absolute Gasteiger partial charge is 0.166 e. The summed E-state index contributed by atoms with van der Waals surface area (Å²) in [6, 6.07) is 12.3. The molecule has 34 heavy (non-hydrogen) atoms. The number of benzene rings is 3. The van der Waals surface area contributed by atoms with Gasteiger partial charge in [-0.25, -0.2) is 13.2 Å². The minimum Gasteiger partial charge on any atom is -0.385 e. The van der Waals surface area contributed by atoms with E-state index < -0.39 is 17.5 Å². The summed E-state index contributed by atoms with van der Waals surface area (Å²) in [7, 11) is 1.70. The van der Waals surface area contributed by atoms with Gasteiger partial charge in [0.25, 0.3) is 0 Å². The highest BCUT2D eigenvalue weighted by atomic mass is 19.2. The van der Waals surface area contributed by atoms with Crippen LogP contribution < -0.4 is 0 Å². The summed E-state index contributed by atoms with van der Waals surface area (Å²) in [5, 5.41) is 0.726. The Balaban J connectivity index is 1.32. The summed E-state index contributed by atoms with van der Waals surface area (Å²) >= 11 is 0. The number of halogens is 3. The lowest BCUT2D eigenvalue weighted by Crippen LogP contribution is -2.32. The molecule has 0 atom stereocenters. The molecule has 1 heterocycles. The fourth-order valence-electron chi connectivity index (χ4n) is 4.02. The monoisotopic (exact) mass is 468 g/mol. The SMILES string of the molecule is COCCCC1COC(CCc2ccc(C#Cc3ccc4c(F)c(F)ccc4c3)c(F)c2)OC1. The van der Waals surface area contributed by atoms with Crippen molar-refractivity contribution >= 4 is 10.8 Å². The van der Waals surface area contributed by atoms with E-state index in [1.54, 1.807) is 25.3 Å². The Morgan fingerprint density at radius 1 is 0.912 bits per heavy atom. The molecule has 1 aliphatic heterocycles. The second-order valence-electron chi connectivity index (χ2n) is 8.50. The Morgan fingerprint density at radius 2 is 1.74 bits per heavy atom. The Kier molecular flexibility index (Phi) is 8.23. The third kappa shape index (κ3) is 6.18. The van der Waals surface area contributed by atoms with Crippen molar-refractivity contribution in [3.8, 4) is 11.8 Å². The molecule has 6 heteroatoms. The molecule has 0 spiro atoms. The summed E-state index contributed by atoms with van der Waals surface area (Å²) in [5.74, 6) is 3.94. The summed E-state index contributed by atoms with van der Waals surface area (Å²) in [4.78, 5) is 0. The maximum Gasteiger partial charge on any atom is 0.166 e. The van der Waals surface area contributed by atoms with Gasteiger partial charge in [0.2, 0.25) is 0 Å². The predicted molar refractivity (Wildman–Crippen MR) is 125 cm³/mol. The Morgan fingerprint density at radius 3 is 2.50 bits per heavy atom. The second-order valence-corrected chi connectivity index (χ2v) is 8.50. The predicted octanol–water partition coefficient (Wildman–Crippen LogP) is 6.01. The van der Waals surface area contributed by atoms with Crippen LogP contribution in [-0.2, 0) is 20.6 Å². The lowest BCUT2D eigenvalue weighted by molar-refractivity contribution is -0.203. The van der Waals surface area contributed by atoms with Gasteiger partial charge in [-0.05, 0) is 60.5 Å². The Labute approximate surface area is 197 Å². The highest BCUT2D eigenvalue weighted by Crippen LogP contribution is 2.22. The van der Waals surface area contributed by atoms with E-state index in [2.05, 4.69) is 11.8 Å². The van der Waals surface area contributed by atoms with Crippen molar-refractivity contribution in [3.63, 3.8) is 0 Å². The van der Waals surface area contributed by atoms with E-state index in [0.29, 0.717) is 42.9 Å². The molecule has 0 radical (unpaired) electrons. The summed E-state index contributed by atoms with van der Waals surface area (Å²) < 4.78 is 58.5. The van der Waals surface area contributed by atoms with Gasteiger partial charge in [0, 0.05) is 37.0 Å². The van der Waals surface area contributed by atoms with E-state index in [-0.39, 0.29) is 17.2 Å². The molecule has 178 valence electrons. The highest BCUT2D eigenvalue weighted by molar-refractivity contribution is 5.84. The molecule has 4 rings (SSSR count). The van der Waals surface area contributed by atoms with Gasteiger partial charge in [0.15, 0.2) is 17.9 Å². The first-order chi connectivity index (χ1) is 16.5. The second kappa shape index (κ2) is 11.5. The van der Waals surface area contributed by atoms with Gasteiger partial charge in [0.05, 0.1) is 18.8 Å². The van der Waals surface area contributed by atoms with Crippen LogP contribution in [0.3, 0.4) is 0 Å². The lowest BCUT2D eigenvalue weighted by atomic mass is 10.0. The molecular formula is C28H27F3O3. The molecule has 3 aromatic rings. The minimum atomic E-state index is -0.891. The van der Waals surface area contributed by atoms with E-state index in [4.69, 9.17) is 14.2 Å². The third-order valence-electron chi connectivity index (χ3n) is 5.95. The van der Waals surface area contributed by atoms with Gasteiger partial charge >= 0.3 is 0 Å². The molecule has 0 bridgehead atoms. The number of methoxy groups -OCH3 is 1. The van der Waals surface area contributed by atoms with Crippen molar-refractivity contribution in [1.29, 1.82) is 0 Å². The molecule has 1 aliphatic rings. The van der Waals surface area contributed by atoms with Crippen LogP contribution in [0.1, 0.15) is 36.0 Å². The first-order valence-corrected chi connectivity index (χ1v) is 11.4. The average Bonchev–Trinajstić information content (AvgIpc) is 2.85. The highest BCUT2D eigenvalue weighted by Gasteiger charge is 2.21. The van der Waals surface area contributed by atoms with Crippen LogP contribution in [0.25, 0.3) is 10.8 Å². The van der Waals surface area contributed by atoms with E-state index in [0.717, 1.165) is 31.1 Å². The van der Waals surface area contributed by atoms with Crippen LogP contribution in [0.4, 0.5) is 13.2 Å². The number of hydrogen-bond acceptors (Lipinski definition) is 3. The summed E-state index contributed by atoms with van der Waals surface area (Å²) in [5.41, 5.74) is 1.72. The van der Waals surface area contributed by atoms with Crippen LogP contribution in [0, 0.1) is 35.2 Å². The number of hydrogen-bond donors (Lipinski definition) is 0. The molecule has 0 amide bonds. The van der Waals surface area contributed by atoms with Gasteiger partial charge in [-0.15, -0.1) is 0 Å². The number of ether oxygens (including phenoxy) is 3. The quantitative estimate of drug-likeness (QED) is 0.314. The first kappa shape index (κ1) is 24.3. The van der Waals surface area contributed by atoms with Crippen molar-refractivity contribution in [2.45, 2.75) is 32.0 Å². The number of rotatable bonds is 7. The fourth-order valence-corrected chi connectivity index (χ4v) is 4.02. The molecular weight excluding hydrogens is 441 g/mol. The van der Waals surface area contributed by atoms with Gasteiger partial charge < -0.3 is 14.2 Å². The average molecular weight is 469 g/mol. The largest absolute Gasteiger partial charge is 0.385 e. The zero-order valence-electron chi connectivity index (χ0n) is 19.1. The molecule has 1 saturated heterocycles. The van der Waals surface area contributed by atoms with Crippen molar-refractivity contribution in [1.82, 2.24) is 0 Å². The van der Waals surface area contributed by atoms with Gasteiger partial charge in [-0.2, -0.15) is 0 Å². The molecule has 3 nitrogen and oxygen atoms in total. The molecule has 0 N–H and O–H groups in total. The maximum atomic E-state index is 14.6. The first-order valence-electron chi connectivity index (χ1n) is 11.4. The maximum absolute atomic E-state index is 14.6.